The minimum Gasteiger partial charge on any atom is -0.371 e. The van der Waals surface area contributed by atoms with E-state index in [1.165, 1.54) is 0 Å². The molecule has 0 spiro atoms. The predicted molar refractivity (Wildman–Crippen MR) is 127 cm³/mol. The van der Waals surface area contributed by atoms with E-state index in [4.69, 9.17) is 14.2 Å². The maximum absolute atomic E-state index is 16.8. The molecule has 1 fully saturated rings. The molecule has 1 saturated heterocycles. The van der Waals surface area contributed by atoms with E-state index in [0.29, 0.717) is 16.7 Å². The monoisotopic (exact) mass is 499 g/mol. The molecule has 5 nitrogen and oxygen atoms in total. The molecule has 1 amide bonds. The number of hydrogen-bond donors (Lipinski definition) is 0. The maximum Gasteiger partial charge on any atom is 0.296 e. The maximum atomic E-state index is 16.8. The summed E-state index contributed by atoms with van der Waals surface area (Å²) >= 11 is 0. The summed E-state index contributed by atoms with van der Waals surface area (Å²) in [6.45, 7) is -0.641. The number of likely N-dealkylation sites (tertiary alicyclic amines) is 1. The highest BCUT2D eigenvalue weighted by Gasteiger charge is 2.75. The summed E-state index contributed by atoms with van der Waals surface area (Å²) < 4.78 is 65.6. The Morgan fingerprint density at radius 1 is 0.806 bits per heavy atom. The molecular formula is C28H28F3NO4. The van der Waals surface area contributed by atoms with Crippen molar-refractivity contribution in [3.05, 3.63) is 108 Å². The van der Waals surface area contributed by atoms with Crippen molar-refractivity contribution in [1.29, 1.82) is 0 Å². The SMILES string of the molecule is CC(=O)N1C(F)[C@@H](OCc2ccccc2)[C@](F)(OCc2ccccc2)[C@]1(F)COCc1ccccc1. The first-order chi connectivity index (χ1) is 17.3. The van der Waals surface area contributed by atoms with Crippen molar-refractivity contribution in [3.8, 4) is 0 Å². The number of amides is 1. The zero-order chi connectivity index (χ0) is 25.6. The second-order valence-corrected chi connectivity index (χ2v) is 8.64. The van der Waals surface area contributed by atoms with Gasteiger partial charge in [-0.15, -0.1) is 0 Å². The van der Waals surface area contributed by atoms with E-state index in [0.717, 1.165) is 6.92 Å². The number of ether oxygens (including phenoxy) is 3. The van der Waals surface area contributed by atoms with Crippen LogP contribution >= 0.6 is 0 Å². The molecule has 1 aliphatic heterocycles. The Kier molecular flexibility index (Phi) is 8.08. The summed E-state index contributed by atoms with van der Waals surface area (Å²) in [5.74, 6) is -7.66. The molecule has 0 saturated carbocycles. The van der Waals surface area contributed by atoms with E-state index in [1.54, 1.807) is 91.0 Å². The highest BCUT2D eigenvalue weighted by atomic mass is 19.2. The van der Waals surface area contributed by atoms with E-state index in [9.17, 15) is 4.79 Å². The Bertz CT molecular complexity index is 1120. The third kappa shape index (κ3) is 5.31. The van der Waals surface area contributed by atoms with E-state index in [-0.39, 0.29) is 24.7 Å². The van der Waals surface area contributed by atoms with Gasteiger partial charge in [0.15, 0.2) is 6.10 Å². The second-order valence-electron chi connectivity index (χ2n) is 8.64. The highest BCUT2D eigenvalue weighted by molar-refractivity contribution is 5.75. The zero-order valence-corrected chi connectivity index (χ0v) is 19.9. The molecule has 1 heterocycles. The van der Waals surface area contributed by atoms with Crippen molar-refractivity contribution in [2.75, 3.05) is 6.61 Å². The lowest BCUT2D eigenvalue weighted by Crippen LogP contribution is -2.60. The molecule has 4 rings (SSSR count). The quantitative estimate of drug-likeness (QED) is 0.346. The first-order valence-electron chi connectivity index (χ1n) is 11.6. The minimum atomic E-state index is -3.36. The Labute approximate surface area is 208 Å². The minimum absolute atomic E-state index is 0.0699. The van der Waals surface area contributed by atoms with Crippen molar-refractivity contribution in [2.24, 2.45) is 0 Å². The molecule has 4 atom stereocenters. The van der Waals surface area contributed by atoms with Gasteiger partial charge in [0.05, 0.1) is 19.8 Å². The number of rotatable bonds is 10. The summed E-state index contributed by atoms with van der Waals surface area (Å²) in [5, 5.41) is 0. The molecular weight excluding hydrogens is 471 g/mol. The standard InChI is InChI=1S/C28H28F3NO4/c1-21(33)32-26(29)25(35-18-23-13-7-3-8-14-23)28(31,36-19-24-15-9-4-10-16-24)27(32,30)20-34-17-22-11-5-2-6-12-22/h2-16,25-26H,17-20H2,1H3/t25-,26?,27+,28+/m1/s1. The van der Waals surface area contributed by atoms with Crippen LogP contribution < -0.4 is 0 Å². The fourth-order valence-electron chi connectivity index (χ4n) is 4.26. The van der Waals surface area contributed by atoms with Crippen molar-refractivity contribution in [1.82, 2.24) is 4.90 Å². The van der Waals surface area contributed by atoms with Crippen molar-refractivity contribution >= 4 is 5.91 Å². The molecule has 8 heteroatoms. The van der Waals surface area contributed by atoms with E-state index in [1.807, 2.05) is 0 Å². The second kappa shape index (κ2) is 11.2. The van der Waals surface area contributed by atoms with Gasteiger partial charge in [-0.25, -0.2) is 13.2 Å². The van der Waals surface area contributed by atoms with Gasteiger partial charge < -0.3 is 14.2 Å². The molecule has 190 valence electrons. The Morgan fingerprint density at radius 2 is 1.28 bits per heavy atom. The molecule has 0 aliphatic carbocycles. The third-order valence-corrected chi connectivity index (χ3v) is 6.07. The Hall–Kier alpha value is -3.20. The smallest absolute Gasteiger partial charge is 0.296 e. The van der Waals surface area contributed by atoms with Gasteiger partial charge in [0, 0.05) is 6.92 Å². The molecule has 0 radical (unpaired) electrons. The topological polar surface area (TPSA) is 48.0 Å². The van der Waals surface area contributed by atoms with E-state index < -0.39 is 36.6 Å². The molecule has 1 aliphatic rings. The lowest BCUT2D eigenvalue weighted by Gasteiger charge is -2.37. The van der Waals surface area contributed by atoms with Gasteiger partial charge in [-0.3, -0.25) is 9.69 Å². The van der Waals surface area contributed by atoms with Crippen LogP contribution in [0.4, 0.5) is 13.2 Å². The van der Waals surface area contributed by atoms with Crippen LogP contribution in [0, 0.1) is 0 Å². The molecule has 0 bridgehead atoms. The Balaban J connectivity index is 1.63. The average molecular weight is 500 g/mol. The summed E-state index contributed by atoms with van der Waals surface area (Å²) in [5.41, 5.74) is 1.87. The van der Waals surface area contributed by atoms with Crippen LogP contribution in [0.2, 0.25) is 0 Å². The largest absolute Gasteiger partial charge is 0.371 e. The van der Waals surface area contributed by atoms with Crippen LogP contribution in [0.15, 0.2) is 91.0 Å². The number of nitrogens with zero attached hydrogens (tertiary/aromatic N) is 1. The predicted octanol–water partition coefficient (Wildman–Crippen LogP) is 5.49. The van der Waals surface area contributed by atoms with Crippen LogP contribution in [0.3, 0.4) is 0 Å². The first-order valence-corrected chi connectivity index (χ1v) is 11.6. The van der Waals surface area contributed by atoms with Crippen LogP contribution in [-0.4, -0.2) is 41.5 Å². The van der Waals surface area contributed by atoms with Gasteiger partial charge in [0.1, 0.15) is 6.61 Å². The molecule has 0 N–H and O–H groups in total. The van der Waals surface area contributed by atoms with Crippen molar-refractivity contribution in [3.63, 3.8) is 0 Å². The first kappa shape index (κ1) is 25.9. The van der Waals surface area contributed by atoms with Crippen LogP contribution in [0.25, 0.3) is 0 Å². The molecule has 36 heavy (non-hydrogen) atoms. The van der Waals surface area contributed by atoms with Gasteiger partial charge in [-0.05, 0) is 16.7 Å². The van der Waals surface area contributed by atoms with Gasteiger partial charge in [0.2, 0.25) is 12.2 Å². The molecule has 3 aromatic rings. The lowest BCUT2D eigenvalue weighted by molar-refractivity contribution is -0.294. The third-order valence-electron chi connectivity index (χ3n) is 6.07. The number of hydrogen-bond acceptors (Lipinski definition) is 4. The lowest BCUT2D eigenvalue weighted by atomic mass is 10.0. The fourth-order valence-corrected chi connectivity index (χ4v) is 4.26. The number of halogens is 3. The zero-order valence-electron chi connectivity index (χ0n) is 19.9. The van der Waals surface area contributed by atoms with Gasteiger partial charge in [-0.1, -0.05) is 91.0 Å². The summed E-state index contributed by atoms with van der Waals surface area (Å²) in [4.78, 5) is 12.6. The summed E-state index contributed by atoms with van der Waals surface area (Å²) in [6, 6.07) is 26.1. The molecule has 3 aromatic carbocycles. The molecule has 0 aromatic heterocycles. The number of carbonyl (C=O) groups excluding carboxylic acids is 1. The van der Waals surface area contributed by atoms with Gasteiger partial charge in [0.25, 0.3) is 11.6 Å². The van der Waals surface area contributed by atoms with Crippen molar-refractivity contribution in [2.45, 2.75) is 50.8 Å². The van der Waals surface area contributed by atoms with E-state index in [2.05, 4.69) is 0 Å². The number of benzene rings is 3. The fraction of sp³-hybridized carbons (Fsp3) is 0.321. The van der Waals surface area contributed by atoms with Crippen LogP contribution in [0.1, 0.15) is 23.6 Å². The summed E-state index contributed by atoms with van der Waals surface area (Å²) in [6.07, 6.45) is -4.51. The van der Waals surface area contributed by atoms with Crippen LogP contribution in [0.5, 0.6) is 0 Å². The average Bonchev–Trinajstić information content (AvgIpc) is 3.05. The van der Waals surface area contributed by atoms with Gasteiger partial charge in [-0.2, -0.15) is 0 Å². The number of carbonyl (C=O) groups is 1. The van der Waals surface area contributed by atoms with Gasteiger partial charge >= 0.3 is 0 Å². The summed E-state index contributed by atoms with van der Waals surface area (Å²) in [7, 11) is 0. The highest BCUT2D eigenvalue weighted by Crippen LogP contribution is 2.50. The normalized spacial score (nSPS) is 25.7. The number of alkyl halides is 3. The Morgan fingerprint density at radius 3 is 1.78 bits per heavy atom. The van der Waals surface area contributed by atoms with Crippen molar-refractivity contribution < 1.29 is 32.2 Å². The van der Waals surface area contributed by atoms with E-state index >= 15 is 13.2 Å². The van der Waals surface area contributed by atoms with Crippen LogP contribution in [-0.2, 0) is 38.8 Å². The molecule has 1 unspecified atom stereocenters.